The number of hydrogen-bond acceptors (Lipinski definition) is 4. The van der Waals surface area contributed by atoms with Gasteiger partial charge in [0.05, 0.1) is 12.7 Å². The van der Waals surface area contributed by atoms with Crippen LogP contribution in [0.5, 0.6) is 0 Å². The minimum atomic E-state index is -1.15. The highest BCUT2D eigenvalue weighted by Gasteiger charge is 2.16. The summed E-state index contributed by atoms with van der Waals surface area (Å²) in [7, 11) is 0. The van der Waals surface area contributed by atoms with Gasteiger partial charge in [0.1, 0.15) is 5.92 Å². The van der Waals surface area contributed by atoms with Crippen molar-refractivity contribution in [3.63, 3.8) is 0 Å². The van der Waals surface area contributed by atoms with Gasteiger partial charge in [-0.25, -0.2) is 0 Å². The smallest absolute Gasteiger partial charge is 0.321 e. The van der Waals surface area contributed by atoms with Gasteiger partial charge in [-0.1, -0.05) is 33.1 Å². The van der Waals surface area contributed by atoms with E-state index in [1.807, 2.05) is 6.92 Å². The Bertz CT molecular complexity index is 235. The summed E-state index contributed by atoms with van der Waals surface area (Å²) in [5, 5.41) is 19.0. The molecule has 92 valence electrons. The minimum absolute atomic E-state index is 0.327. The molecule has 0 heterocycles. The molecule has 0 aromatic rings. The standard InChI is InChI=1S/C12H20NO3/c1-3-5-6-10(4-2)9-16-12(15)11(7-13)8-14/h10-11H,3-6,8-9H2,1-2H3/q-1. The molecule has 0 saturated heterocycles. The average Bonchev–Trinajstić information content (AvgIpc) is 2.31. The van der Waals surface area contributed by atoms with E-state index in [0.29, 0.717) is 12.5 Å². The van der Waals surface area contributed by atoms with Gasteiger partial charge in [-0.3, -0.25) is 4.79 Å². The molecule has 0 N–H and O–H groups in total. The second-order valence-corrected chi connectivity index (χ2v) is 3.89. The Kier molecular flexibility index (Phi) is 8.55. The number of carbonyl (C=O) groups excluding carboxylic acids is 1. The van der Waals surface area contributed by atoms with Crippen molar-refractivity contribution < 1.29 is 14.6 Å². The van der Waals surface area contributed by atoms with Crippen LogP contribution < -0.4 is 5.11 Å². The van der Waals surface area contributed by atoms with Crippen molar-refractivity contribution in [2.75, 3.05) is 13.2 Å². The molecule has 0 bridgehead atoms. The molecule has 16 heavy (non-hydrogen) atoms. The molecule has 0 fully saturated rings. The molecule has 0 aliphatic carbocycles. The van der Waals surface area contributed by atoms with Crippen LogP contribution in [0.1, 0.15) is 39.5 Å². The molecular weight excluding hydrogens is 206 g/mol. The van der Waals surface area contributed by atoms with E-state index >= 15 is 0 Å². The van der Waals surface area contributed by atoms with Crippen molar-refractivity contribution in [2.24, 2.45) is 11.8 Å². The third kappa shape index (κ3) is 5.72. The number of unbranched alkanes of at least 4 members (excludes halogenated alkanes) is 1. The molecule has 4 nitrogen and oxygen atoms in total. The minimum Gasteiger partial charge on any atom is -0.853 e. The van der Waals surface area contributed by atoms with Crippen LogP contribution in [-0.4, -0.2) is 19.2 Å². The number of esters is 1. The van der Waals surface area contributed by atoms with Gasteiger partial charge in [-0.05, 0) is 12.3 Å². The Balaban J connectivity index is 3.92. The van der Waals surface area contributed by atoms with Crippen molar-refractivity contribution in [3.05, 3.63) is 0 Å². The largest absolute Gasteiger partial charge is 0.853 e. The van der Waals surface area contributed by atoms with E-state index in [4.69, 9.17) is 10.00 Å². The fourth-order valence-corrected chi connectivity index (χ4v) is 1.36. The molecule has 0 aromatic carbocycles. The normalized spacial score (nSPS) is 13.9. The Morgan fingerprint density at radius 2 is 2.19 bits per heavy atom. The Hall–Kier alpha value is -1.08. The van der Waals surface area contributed by atoms with Gasteiger partial charge >= 0.3 is 5.97 Å². The number of ether oxygens (including phenoxy) is 1. The monoisotopic (exact) mass is 226 g/mol. The summed E-state index contributed by atoms with van der Waals surface area (Å²) in [6.07, 6.45) is 4.20. The fourth-order valence-electron chi connectivity index (χ4n) is 1.36. The van der Waals surface area contributed by atoms with Gasteiger partial charge < -0.3 is 9.84 Å². The first-order valence-corrected chi connectivity index (χ1v) is 5.83. The second kappa shape index (κ2) is 9.17. The van der Waals surface area contributed by atoms with Gasteiger partial charge in [-0.2, -0.15) is 5.26 Å². The van der Waals surface area contributed by atoms with Crippen LogP contribution in [0.15, 0.2) is 0 Å². The predicted octanol–water partition coefficient (Wildman–Crippen LogP) is 1.25. The topological polar surface area (TPSA) is 73.2 Å². The summed E-state index contributed by atoms with van der Waals surface area (Å²) in [4.78, 5) is 11.3. The van der Waals surface area contributed by atoms with Crippen LogP contribution >= 0.6 is 0 Å². The quantitative estimate of drug-likeness (QED) is 0.584. The zero-order valence-corrected chi connectivity index (χ0v) is 10.1. The van der Waals surface area contributed by atoms with Gasteiger partial charge in [0.2, 0.25) is 0 Å². The highest BCUT2D eigenvalue weighted by molar-refractivity contribution is 5.75. The summed E-state index contributed by atoms with van der Waals surface area (Å²) >= 11 is 0. The number of nitriles is 1. The lowest BCUT2D eigenvalue weighted by molar-refractivity contribution is -0.373. The molecule has 0 radical (unpaired) electrons. The van der Waals surface area contributed by atoms with E-state index in [0.717, 1.165) is 25.7 Å². The molecule has 0 amide bonds. The van der Waals surface area contributed by atoms with Gasteiger partial charge in [-0.15, -0.1) is 6.61 Å². The molecule has 0 rings (SSSR count). The first-order chi connectivity index (χ1) is 7.69. The average molecular weight is 226 g/mol. The SMILES string of the molecule is CCCCC(CC)COC(=O)C(C#N)C[O-]. The second-order valence-electron chi connectivity index (χ2n) is 3.89. The predicted molar refractivity (Wildman–Crippen MR) is 58.2 cm³/mol. The summed E-state index contributed by atoms with van der Waals surface area (Å²) in [6, 6.07) is 1.65. The maximum atomic E-state index is 11.3. The number of hydrogen-bond donors (Lipinski definition) is 0. The van der Waals surface area contributed by atoms with Crippen LogP contribution in [0, 0.1) is 23.2 Å². The Labute approximate surface area is 97.2 Å². The first kappa shape index (κ1) is 14.9. The summed E-state index contributed by atoms with van der Waals surface area (Å²) in [5.41, 5.74) is 0. The zero-order valence-electron chi connectivity index (χ0n) is 10.1. The highest BCUT2D eigenvalue weighted by atomic mass is 16.5. The third-order valence-electron chi connectivity index (χ3n) is 2.61. The summed E-state index contributed by atoms with van der Waals surface area (Å²) < 4.78 is 4.97. The van der Waals surface area contributed by atoms with Gasteiger partial charge in [0.15, 0.2) is 0 Å². The van der Waals surface area contributed by atoms with Crippen molar-refractivity contribution in [1.82, 2.24) is 0 Å². The molecule has 0 aromatic heterocycles. The maximum absolute atomic E-state index is 11.3. The van der Waals surface area contributed by atoms with Crippen molar-refractivity contribution in [3.8, 4) is 6.07 Å². The number of rotatable bonds is 8. The van der Waals surface area contributed by atoms with E-state index in [1.54, 1.807) is 6.07 Å². The first-order valence-electron chi connectivity index (χ1n) is 5.83. The fraction of sp³-hybridized carbons (Fsp3) is 0.833. The van der Waals surface area contributed by atoms with Gasteiger partial charge in [0, 0.05) is 0 Å². The molecule has 2 atom stereocenters. The van der Waals surface area contributed by atoms with Crippen LogP contribution in [-0.2, 0) is 9.53 Å². The number of nitrogens with zero attached hydrogens (tertiary/aromatic N) is 1. The molecule has 4 heteroatoms. The van der Waals surface area contributed by atoms with E-state index in [-0.39, 0.29) is 0 Å². The molecule has 0 aliphatic rings. The zero-order chi connectivity index (χ0) is 12.4. The molecule has 0 spiro atoms. The molecule has 2 unspecified atom stereocenters. The molecule has 0 aliphatic heterocycles. The van der Waals surface area contributed by atoms with Crippen molar-refractivity contribution >= 4 is 5.97 Å². The lowest BCUT2D eigenvalue weighted by Gasteiger charge is -2.17. The molecule has 0 saturated carbocycles. The van der Waals surface area contributed by atoms with E-state index in [2.05, 4.69) is 6.92 Å². The van der Waals surface area contributed by atoms with Gasteiger partial charge in [0.25, 0.3) is 0 Å². The third-order valence-corrected chi connectivity index (χ3v) is 2.61. The lowest BCUT2D eigenvalue weighted by atomic mass is 10.0. The maximum Gasteiger partial charge on any atom is 0.321 e. The summed E-state index contributed by atoms with van der Waals surface area (Å²) in [6.45, 7) is 3.76. The highest BCUT2D eigenvalue weighted by Crippen LogP contribution is 2.13. The van der Waals surface area contributed by atoms with Crippen LogP contribution in [0.2, 0.25) is 0 Å². The van der Waals surface area contributed by atoms with Crippen LogP contribution in [0.4, 0.5) is 0 Å². The number of carbonyl (C=O) groups is 1. The van der Waals surface area contributed by atoms with E-state index in [9.17, 15) is 9.90 Å². The lowest BCUT2D eigenvalue weighted by Crippen LogP contribution is -2.28. The van der Waals surface area contributed by atoms with E-state index < -0.39 is 18.5 Å². The Morgan fingerprint density at radius 1 is 1.50 bits per heavy atom. The van der Waals surface area contributed by atoms with E-state index in [1.165, 1.54) is 0 Å². The van der Waals surface area contributed by atoms with Crippen LogP contribution in [0.25, 0.3) is 0 Å². The van der Waals surface area contributed by atoms with Crippen molar-refractivity contribution in [2.45, 2.75) is 39.5 Å². The van der Waals surface area contributed by atoms with Crippen molar-refractivity contribution in [1.29, 1.82) is 5.26 Å². The van der Waals surface area contributed by atoms with Crippen LogP contribution in [0.3, 0.4) is 0 Å². The molecular formula is C12H20NO3-. The Morgan fingerprint density at radius 3 is 2.62 bits per heavy atom. The summed E-state index contributed by atoms with van der Waals surface area (Å²) in [5.74, 6) is -1.48.